The Morgan fingerprint density at radius 2 is 1.18 bits per heavy atom. The fraction of sp³-hybridized carbons (Fsp3) is 0.103. The normalized spacial score (nSPS) is 12.7. The predicted molar refractivity (Wildman–Crippen MR) is 135 cm³/mol. The van der Waals surface area contributed by atoms with Gasteiger partial charge in [-0.3, -0.25) is 9.59 Å². The second kappa shape index (κ2) is 9.13. The molecule has 4 heteroatoms. The largest absolute Gasteiger partial charge is 0.305 e. The summed E-state index contributed by atoms with van der Waals surface area (Å²) >= 11 is 0. The standard InChI is InChI=1S/C29H25O3P/c1-20-18-21(2)27(22(3)19-20)28(30)25-16-10-11-17-26(25)33(32,24-14-8-5-9-15-24)29(31)23-12-6-4-7-13-23/h4-19H,1-3H3. The number of rotatable bonds is 6. The summed E-state index contributed by atoms with van der Waals surface area (Å²) < 4.78 is 14.8. The van der Waals surface area contributed by atoms with Crippen LogP contribution >= 0.6 is 7.14 Å². The van der Waals surface area contributed by atoms with E-state index in [0.29, 0.717) is 22.0 Å². The summed E-state index contributed by atoms with van der Waals surface area (Å²) in [5.41, 5.74) is 3.54. The fourth-order valence-electron chi connectivity index (χ4n) is 4.38. The van der Waals surface area contributed by atoms with E-state index in [-0.39, 0.29) is 11.1 Å². The lowest BCUT2D eigenvalue weighted by molar-refractivity contribution is 0.103. The van der Waals surface area contributed by atoms with Gasteiger partial charge in [0.2, 0.25) is 12.7 Å². The van der Waals surface area contributed by atoms with Crippen LogP contribution < -0.4 is 10.6 Å². The lowest BCUT2D eigenvalue weighted by atomic mass is 9.93. The summed E-state index contributed by atoms with van der Waals surface area (Å²) in [6.45, 7) is 5.80. The average molecular weight is 452 g/mol. The van der Waals surface area contributed by atoms with Crippen LogP contribution in [0.5, 0.6) is 0 Å². The second-order valence-corrected chi connectivity index (χ2v) is 10.9. The van der Waals surface area contributed by atoms with E-state index in [1.807, 2.05) is 45.0 Å². The minimum absolute atomic E-state index is 0.224. The molecule has 3 nitrogen and oxygen atoms in total. The van der Waals surface area contributed by atoms with E-state index < -0.39 is 12.7 Å². The zero-order chi connectivity index (χ0) is 23.6. The van der Waals surface area contributed by atoms with Gasteiger partial charge in [0, 0.05) is 27.3 Å². The third-order valence-corrected chi connectivity index (χ3v) is 8.74. The number of carbonyl (C=O) groups excluding carboxylic acids is 2. The molecule has 164 valence electrons. The molecular weight excluding hydrogens is 427 g/mol. The molecule has 1 atom stereocenters. The number of hydrogen-bond acceptors (Lipinski definition) is 3. The quantitative estimate of drug-likeness (QED) is 0.266. The number of hydrogen-bond donors (Lipinski definition) is 0. The van der Waals surface area contributed by atoms with Gasteiger partial charge in [0.15, 0.2) is 5.78 Å². The van der Waals surface area contributed by atoms with Gasteiger partial charge in [-0.15, -0.1) is 0 Å². The van der Waals surface area contributed by atoms with Gasteiger partial charge in [0.1, 0.15) is 0 Å². The Labute approximate surface area is 194 Å². The Balaban J connectivity index is 1.97. The molecule has 0 N–H and O–H groups in total. The van der Waals surface area contributed by atoms with Crippen LogP contribution in [0.4, 0.5) is 0 Å². The molecule has 0 aliphatic carbocycles. The van der Waals surface area contributed by atoms with Crippen LogP contribution in [0.25, 0.3) is 0 Å². The molecule has 0 heterocycles. The number of benzene rings is 4. The zero-order valence-corrected chi connectivity index (χ0v) is 19.8. The van der Waals surface area contributed by atoms with Crippen LogP contribution in [-0.4, -0.2) is 11.3 Å². The van der Waals surface area contributed by atoms with E-state index in [2.05, 4.69) is 0 Å². The highest BCUT2D eigenvalue weighted by molar-refractivity contribution is 7.93. The molecule has 4 rings (SSSR count). The van der Waals surface area contributed by atoms with Gasteiger partial charge in [-0.1, -0.05) is 96.6 Å². The summed E-state index contributed by atoms with van der Waals surface area (Å²) in [5.74, 6) is -0.224. The first-order valence-corrected chi connectivity index (χ1v) is 12.5. The van der Waals surface area contributed by atoms with Crippen LogP contribution in [0.3, 0.4) is 0 Å². The molecule has 0 bridgehead atoms. The topological polar surface area (TPSA) is 51.2 Å². The minimum atomic E-state index is -3.85. The summed E-state index contributed by atoms with van der Waals surface area (Å²) in [4.78, 5) is 27.6. The first-order chi connectivity index (χ1) is 15.8. The highest BCUT2D eigenvalue weighted by atomic mass is 31.2. The van der Waals surface area contributed by atoms with Crippen molar-refractivity contribution in [1.29, 1.82) is 0 Å². The van der Waals surface area contributed by atoms with Crippen molar-refractivity contribution in [3.63, 3.8) is 0 Å². The first kappa shape index (κ1) is 22.6. The molecule has 0 amide bonds. The summed E-state index contributed by atoms with van der Waals surface area (Å²) in [6.07, 6.45) is 0. The van der Waals surface area contributed by atoms with Gasteiger partial charge >= 0.3 is 0 Å². The van der Waals surface area contributed by atoms with Crippen LogP contribution in [0, 0.1) is 20.8 Å². The maximum atomic E-state index is 14.8. The highest BCUT2D eigenvalue weighted by Gasteiger charge is 2.39. The van der Waals surface area contributed by atoms with Crippen LogP contribution in [-0.2, 0) is 4.57 Å². The van der Waals surface area contributed by atoms with Crippen LogP contribution in [0.15, 0.2) is 97.1 Å². The van der Waals surface area contributed by atoms with Crippen molar-refractivity contribution in [2.75, 3.05) is 0 Å². The molecule has 0 saturated carbocycles. The molecule has 0 fully saturated rings. The fourth-order valence-corrected chi connectivity index (χ4v) is 7.03. The monoisotopic (exact) mass is 452 g/mol. The smallest absolute Gasteiger partial charge is 0.230 e. The van der Waals surface area contributed by atoms with Crippen molar-refractivity contribution in [1.82, 2.24) is 0 Å². The molecule has 4 aromatic carbocycles. The molecule has 4 aromatic rings. The predicted octanol–water partition coefficient (Wildman–Crippen LogP) is 6.00. The molecule has 33 heavy (non-hydrogen) atoms. The van der Waals surface area contributed by atoms with Crippen LogP contribution in [0.2, 0.25) is 0 Å². The molecule has 0 spiro atoms. The number of aryl methyl sites for hydroxylation is 3. The van der Waals surface area contributed by atoms with Gasteiger partial charge in [0.25, 0.3) is 0 Å². The number of carbonyl (C=O) groups is 2. The van der Waals surface area contributed by atoms with Gasteiger partial charge in [-0.2, -0.15) is 0 Å². The van der Waals surface area contributed by atoms with E-state index in [1.165, 1.54) is 0 Å². The van der Waals surface area contributed by atoms with Crippen molar-refractivity contribution in [3.8, 4) is 0 Å². The Morgan fingerprint density at radius 3 is 1.79 bits per heavy atom. The van der Waals surface area contributed by atoms with E-state index in [9.17, 15) is 14.2 Å². The van der Waals surface area contributed by atoms with Gasteiger partial charge in [0.05, 0.1) is 0 Å². The molecule has 1 unspecified atom stereocenters. The summed E-state index contributed by atoms with van der Waals surface area (Å²) in [7, 11) is -3.85. The van der Waals surface area contributed by atoms with Gasteiger partial charge in [-0.05, 0) is 38.0 Å². The highest BCUT2D eigenvalue weighted by Crippen LogP contribution is 2.48. The molecule has 0 aliphatic heterocycles. The lowest BCUT2D eigenvalue weighted by Crippen LogP contribution is -2.27. The second-order valence-electron chi connectivity index (χ2n) is 8.24. The average Bonchev–Trinajstić information content (AvgIpc) is 2.83. The summed E-state index contributed by atoms with van der Waals surface area (Å²) in [5, 5.41) is 0.686. The maximum absolute atomic E-state index is 14.8. The SMILES string of the molecule is Cc1cc(C)c(C(=O)c2ccccc2P(=O)(C(=O)c2ccccc2)c2ccccc2)c(C)c1. The Bertz CT molecular complexity index is 1370. The van der Waals surface area contributed by atoms with E-state index in [1.54, 1.807) is 72.8 Å². The summed E-state index contributed by atoms with van der Waals surface area (Å²) in [6, 6.07) is 28.1. The first-order valence-electron chi connectivity index (χ1n) is 10.8. The van der Waals surface area contributed by atoms with Crippen molar-refractivity contribution >= 4 is 29.1 Å². The Kier molecular flexibility index (Phi) is 6.26. The van der Waals surface area contributed by atoms with Crippen molar-refractivity contribution in [3.05, 3.63) is 130 Å². The molecule has 0 saturated heterocycles. The Hall–Kier alpha value is -3.55. The van der Waals surface area contributed by atoms with Crippen LogP contribution in [0.1, 0.15) is 43.0 Å². The number of ketones is 1. The molecule has 0 radical (unpaired) electrons. The molecule has 0 aromatic heterocycles. The third-order valence-electron chi connectivity index (χ3n) is 5.82. The molecule has 0 aliphatic rings. The minimum Gasteiger partial charge on any atom is -0.305 e. The third kappa shape index (κ3) is 4.13. The van der Waals surface area contributed by atoms with Crippen molar-refractivity contribution < 1.29 is 14.2 Å². The van der Waals surface area contributed by atoms with Crippen molar-refractivity contribution in [2.45, 2.75) is 20.8 Å². The molecular formula is C29H25O3P. The van der Waals surface area contributed by atoms with E-state index >= 15 is 0 Å². The van der Waals surface area contributed by atoms with Gasteiger partial charge < -0.3 is 4.57 Å². The van der Waals surface area contributed by atoms with Crippen molar-refractivity contribution in [2.24, 2.45) is 0 Å². The zero-order valence-electron chi connectivity index (χ0n) is 18.9. The van der Waals surface area contributed by atoms with E-state index in [4.69, 9.17) is 0 Å². The Morgan fingerprint density at radius 1 is 0.667 bits per heavy atom. The lowest BCUT2D eigenvalue weighted by Gasteiger charge is -2.21. The maximum Gasteiger partial charge on any atom is 0.230 e. The van der Waals surface area contributed by atoms with E-state index in [0.717, 1.165) is 16.7 Å². The van der Waals surface area contributed by atoms with Gasteiger partial charge in [-0.25, -0.2) is 0 Å².